The van der Waals surface area contributed by atoms with Crippen LogP contribution in [0.4, 0.5) is 0 Å². The molecule has 2 aromatic carbocycles. The van der Waals surface area contributed by atoms with E-state index in [4.69, 9.17) is 28.9 Å². The van der Waals surface area contributed by atoms with Crippen LogP contribution in [0, 0.1) is 0 Å². The van der Waals surface area contributed by atoms with Gasteiger partial charge in [-0.1, -0.05) is 92.1 Å². The molecule has 1 aliphatic rings. The first-order valence-electron chi connectivity index (χ1n) is 10.7. The van der Waals surface area contributed by atoms with Gasteiger partial charge in [0.15, 0.2) is 0 Å². The second kappa shape index (κ2) is 10.5. The average molecular weight is 482 g/mol. The fourth-order valence-electron chi connectivity index (χ4n) is 3.57. The van der Waals surface area contributed by atoms with E-state index in [1.54, 1.807) is 4.90 Å². The summed E-state index contributed by atoms with van der Waals surface area (Å²) in [5.41, 5.74) is 3.54. The molecule has 0 aliphatic carbocycles. The van der Waals surface area contributed by atoms with Crippen molar-refractivity contribution in [3.8, 4) is 16.9 Å². The van der Waals surface area contributed by atoms with Gasteiger partial charge in [0.05, 0.1) is 16.3 Å². The van der Waals surface area contributed by atoms with Crippen molar-refractivity contribution in [1.82, 2.24) is 14.7 Å². The minimum absolute atomic E-state index is 0.0222. The molecule has 0 spiro atoms. The van der Waals surface area contributed by atoms with Gasteiger partial charge in [0.25, 0.3) is 5.91 Å². The number of unbranched alkanes of at least 4 members (excludes halogenated alkanes) is 3. The molecule has 1 fully saturated rings. The third-order valence-electron chi connectivity index (χ3n) is 5.28. The molecule has 0 saturated carbocycles. The van der Waals surface area contributed by atoms with E-state index >= 15 is 0 Å². The fraction of sp³-hybridized carbons (Fsp3) is 0.240. The number of thiocarbonyl (C=S) groups is 1. The van der Waals surface area contributed by atoms with Gasteiger partial charge in [0.1, 0.15) is 4.32 Å². The number of para-hydroxylation sites is 1. The minimum Gasteiger partial charge on any atom is -0.293 e. The van der Waals surface area contributed by atoms with Crippen LogP contribution >= 0.6 is 35.6 Å². The van der Waals surface area contributed by atoms with Crippen LogP contribution < -0.4 is 0 Å². The molecule has 1 amide bonds. The number of amides is 1. The molecule has 1 aliphatic heterocycles. The van der Waals surface area contributed by atoms with Crippen molar-refractivity contribution in [2.75, 3.05) is 6.54 Å². The topological polar surface area (TPSA) is 38.1 Å². The number of carbonyl (C=O) groups is 1. The molecule has 32 heavy (non-hydrogen) atoms. The zero-order chi connectivity index (χ0) is 22.5. The predicted molar refractivity (Wildman–Crippen MR) is 138 cm³/mol. The molecule has 3 aromatic rings. The monoisotopic (exact) mass is 481 g/mol. The SMILES string of the molecule is CCCCCCN1C(=O)/C(=C\c2cn(-c3ccccc3)nc2-c2ccc(Cl)cc2)SC1=S. The van der Waals surface area contributed by atoms with Gasteiger partial charge in [-0.3, -0.25) is 9.69 Å². The van der Waals surface area contributed by atoms with Crippen LogP contribution in [-0.4, -0.2) is 31.5 Å². The van der Waals surface area contributed by atoms with E-state index in [0.717, 1.165) is 41.8 Å². The van der Waals surface area contributed by atoms with E-state index in [1.807, 2.05) is 71.6 Å². The van der Waals surface area contributed by atoms with Crippen LogP contribution in [0.5, 0.6) is 0 Å². The third-order valence-corrected chi connectivity index (χ3v) is 6.91. The molecule has 0 N–H and O–H groups in total. The van der Waals surface area contributed by atoms with Gasteiger partial charge in [-0.25, -0.2) is 4.68 Å². The van der Waals surface area contributed by atoms with Gasteiger partial charge < -0.3 is 0 Å². The number of hydrogen-bond acceptors (Lipinski definition) is 4. The Morgan fingerprint density at radius 2 is 1.81 bits per heavy atom. The second-order valence-electron chi connectivity index (χ2n) is 7.61. The van der Waals surface area contributed by atoms with Crippen LogP contribution in [0.3, 0.4) is 0 Å². The van der Waals surface area contributed by atoms with E-state index in [2.05, 4.69) is 6.92 Å². The Morgan fingerprint density at radius 1 is 1.06 bits per heavy atom. The maximum atomic E-state index is 13.1. The summed E-state index contributed by atoms with van der Waals surface area (Å²) in [7, 11) is 0. The Balaban J connectivity index is 1.67. The van der Waals surface area contributed by atoms with E-state index < -0.39 is 0 Å². The fourth-order valence-corrected chi connectivity index (χ4v) is 4.99. The third kappa shape index (κ3) is 5.14. The van der Waals surface area contributed by atoms with Crippen LogP contribution in [0.15, 0.2) is 65.7 Å². The molecule has 4 rings (SSSR count). The van der Waals surface area contributed by atoms with Crippen molar-refractivity contribution < 1.29 is 4.79 Å². The molecule has 164 valence electrons. The first-order chi connectivity index (χ1) is 15.6. The lowest BCUT2D eigenvalue weighted by atomic mass is 10.1. The normalized spacial score (nSPS) is 15.2. The molecule has 0 unspecified atom stereocenters. The molecule has 7 heteroatoms. The van der Waals surface area contributed by atoms with Crippen molar-refractivity contribution in [2.24, 2.45) is 0 Å². The van der Waals surface area contributed by atoms with Gasteiger partial charge in [-0.15, -0.1) is 0 Å². The molecule has 0 radical (unpaired) electrons. The minimum atomic E-state index is -0.0222. The van der Waals surface area contributed by atoms with Crippen molar-refractivity contribution >= 4 is 51.9 Å². The number of halogens is 1. The second-order valence-corrected chi connectivity index (χ2v) is 9.73. The summed E-state index contributed by atoms with van der Waals surface area (Å²) in [5, 5.41) is 5.49. The first kappa shape index (κ1) is 22.8. The number of thioether (sulfide) groups is 1. The lowest BCUT2D eigenvalue weighted by Gasteiger charge is -2.13. The zero-order valence-corrected chi connectivity index (χ0v) is 20.2. The van der Waals surface area contributed by atoms with Gasteiger partial charge in [-0.05, 0) is 36.8 Å². The molecule has 0 atom stereocenters. The van der Waals surface area contributed by atoms with Crippen LogP contribution in [0.2, 0.25) is 5.02 Å². The molecule has 2 heterocycles. The lowest BCUT2D eigenvalue weighted by molar-refractivity contribution is -0.122. The lowest BCUT2D eigenvalue weighted by Crippen LogP contribution is -2.29. The van der Waals surface area contributed by atoms with Gasteiger partial charge in [0.2, 0.25) is 0 Å². The largest absolute Gasteiger partial charge is 0.293 e. The number of hydrogen-bond donors (Lipinski definition) is 0. The highest BCUT2D eigenvalue weighted by atomic mass is 35.5. The summed E-state index contributed by atoms with van der Waals surface area (Å²) in [6.07, 6.45) is 8.27. The Bertz CT molecular complexity index is 1140. The predicted octanol–water partition coefficient (Wildman–Crippen LogP) is 6.97. The van der Waals surface area contributed by atoms with Crippen molar-refractivity contribution in [3.63, 3.8) is 0 Å². The molecule has 1 saturated heterocycles. The number of aromatic nitrogens is 2. The highest BCUT2D eigenvalue weighted by Gasteiger charge is 2.32. The van der Waals surface area contributed by atoms with E-state index in [0.29, 0.717) is 20.8 Å². The van der Waals surface area contributed by atoms with Crippen molar-refractivity contribution in [3.05, 3.63) is 76.3 Å². The van der Waals surface area contributed by atoms with Crippen molar-refractivity contribution in [2.45, 2.75) is 32.6 Å². The zero-order valence-electron chi connectivity index (χ0n) is 17.8. The standard InChI is InChI=1S/C25H24ClN3OS2/c1-2-3-4-8-15-28-24(30)22(32-25(28)31)16-19-17-29(21-9-6-5-7-10-21)27-23(19)18-11-13-20(26)14-12-18/h5-7,9-14,16-17H,2-4,8,15H2,1H3/b22-16+. The molecule has 1 aromatic heterocycles. The summed E-state index contributed by atoms with van der Waals surface area (Å²) in [6.45, 7) is 2.85. The summed E-state index contributed by atoms with van der Waals surface area (Å²) in [5.74, 6) is -0.0222. The van der Waals surface area contributed by atoms with Gasteiger partial charge in [0, 0.05) is 28.9 Å². The van der Waals surface area contributed by atoms with E-state index in [1.165, 1.54) is 18.2 Å². The maximum Gasteiger partial charge on any atom is 0.266 e. The Morgan fingerprint density at radius 3 is 2.53 bits per heavy atom. The Kier molecular flexibility index (Phi) is 7.45. The van der Waals surface area contributed by atoms with E-state index in [-0.39, 0.29) is 5.91 Å². The summed E-state index contributed by atoms with van der Waals surface area (Å²) < 4.78 is 2.46. The van der Waals surface area contributed by atoms with Crippen LogP contribution in [0.1, 0.15) is 38.2 Å². The van der Waals surface area contributed by atoms with Crippen LogP contribution in [-0.2, 0) is 4.79 Å². The first-order valence-corrected chi connectivity index (χ1v) is 12.3. The Hall–Kier alpha value is -2.41. The highest BCUT2D eigenvalue weighted by molar-refractivity contribution is 8.26. The number of carbonyl (C=O) groups excluding carboxylic acids is 1. The summed E-state index contributed by atoms with van der Waals surface area (Å²) >= 11 is 13.0. The van der Waals surface area contributed by atoms with Gasteiger partial charge >= 0.3 is 0 Å². The quantitative estimate of drug-likeness (QED) is 0.198. The van der Waals surface area contributed by atoms with Crippen LogP contribution in [0.25, 0.3) is 23.0 Å². The molecule has 4 nitrogen and oxygen atoms in total. The Labute approximate surface area is 203 Å². The number of rotatable bonds is 8. The molecular formula is C25H24ClN3OS2. The average Bonchev–Trinajstić information content (AvgIpc) is 3.34. The summed E-state index contributed by atoms with van der Waals surface area (Å²) in [4.78, 5) is 15.4. The molecular weight excluding hydrogens is 458 g/mol. The van der Waals surface area contributed by atoms with Gasteiger partial charge in [-0.2, -0.15) is 5.10 Å². The smallest absolute Gasteiger partial charge is 0.266 e. The number of nitrogens with zero attached hydrogens (tertiary/aromatic N) is 3. The molecule has 0 bridgehead atoms. The number of benzene rings is 2. The van der Waals surface area contributed by atoms with E-state index in [9.17, 15) is 4.79 Å². The maximum absolute atomic E-state index is 13.1. The van der Waals surface area contributed by atoms with Crippen molar-refractivity contribution in [1.29, 1.82) is 0 Å². The summed E-state index contributed by atoms with van der Waals surface area (Å²) in [6, 6.07) is 17.5. The highest BCUT2D eigenvalue weighted by Crippen LogP contribution is 2.35.